The van der Waals surface area contributed by atoms with E-state index in [9.17, 15) is 24.5 Å². The molecule has 2 bridgehead atoms. The maximum atomic E-state index is 13.6. The minimum atomic E-state index is -0.930. The summed E-state index contributed by atoms with van der Waals surface area (Å²) in [7, 11) is 0. The van der Waals surface area contributed by atoms with Crippen LogP contribution in [0.25, 0.3) is 11.0 Å². The molecule has 2 aliphatic rings. The molecule has 0 aliphatic heterocycles. The first-order valence-electron chi connectivity index (χ1n) is 11.9. The predicted octanol–water partition coefficient (Wildman–Crippen LogP) is 5.07. The van der Waals surface area contributed by atoms with Crippen molar-refractivity contribution in [3.05, 3.63) is 80.7 Å². The highest BCUT2D eigenvalue weighted by molar-refractivity contribution is 6.06. The van der Waals surface area contributed by atoms with Crippen LogP contribution in [0.2, 0.25) is 0 Å². The molecular weight excluding hydrogens is 478 g/mol. The van der Waals surface area contributed by atoms with E-state index >= 15 is 0 Å². The molecule has 0 radical (unpaired) electrons. The number of non-ortho nitro benzene ring substituents is 1. The van der Waals surface area contributed by atoms with Crippen molar-refractivity contribution in [2.45, 2.75) is 40.0 Å². The van der Waals surface area contributed by atoms with E-state index in [1.54, 1.807) is 24.3 Å². The summed E-state index contributed by atoms with van der Waals surface area (Å²) in [5.74, 6) is -1.15. The average molecular weight is 504 g/mol. The average Bonchev–Trinajstić information content (AvgIpc) is 3.18. The Morgan fingerprint density at radius 2 is 1.78 bits per heavy atom. The quantitative estimate of drug-likeness (QED) is 0.222. The lowest BCUT2D eigenvalue weighted by Crippen LogP contribution is -2.43. The summed E-state index contributed by atoms with van der Waals surface area (Å²) in [4.78, 5) is 54.3. The van der Waals surface area contributed by atoms with Gasteiger partial charge in [0, 0.05) is 35.0 Å². The topological polar surface area (TPSA) is 141 Å². The number of nitro benzene ring substituents is 1. The van der Waals surface area contributed by atoms with E-state index < -0.39 is 32.8 Å². The molecule has 1 amide bonds. The van der Waals surface area contributed by atoms with E-state index in [1.165, 1.54) is 30.3 Å². The lowest BCUT2D eigenvalue weighted by Gasteiger charge is -2.39. The zero-order valence-electron chi connectivity index (χ0n) is 20.6. The van der Waals surface area contributed by atoms with E-state index in [4.69, 9.17) is 9.25 Å². The van der Waals surface area contributed by atoms with Gasteiger partial charge in [-0.3, -0.25) is 14.9 Å². The van der Waals surface area contributed by atoms with Gasteiger partial charge in [0.15, 0.2) is 0 Å². The monoisotopic (exact) mass is 503 g/mol. The predicted molar refractivity (Wildman–Crippen MR) is 135 cm³/mol. The van der Waals surface area contributed by atoms with Gasteiger partial charge in [-0.25, -0.2) is 9.59 Å². The summed E-state index contributed by atoms with van der Waals surface area (Å²) in [6.45, 7) is 5.99. The Bertz CT molecular complexity index is 1540. The standard InChI is InChI=1S/C27H25N3O7/c1-25(2)26(3)12-13-27(25,24(33)28-17-8-10-18(11-9-17)30(34)35)15-21(26)29-37-23(32)19-14-16-6-4-5-7-20(16)36-22(19)31/h4-11,14H,12-13,15H2,1-3H3,(H,28,33). The summed E-state index contributed by atoms with van der Waals surface area (Å²) >= 11 is 0. The maximum absolute atomic E-state index is 13.6. The molecule has 2 atom stereocenters. The number of hydrogen-bond donors (Lipinski definition) is 1. The Kier molecular flexibility index (Phi) is 5.50. The van der Waals surface area contributed by atoms with Crippen molar-refractivity contribution >= 4 is 39.9 Å². The molecule has 190 valence electrons. The molecular formula is C27H25N3O7. The molecule has 1 aromatic heterocycles. The van der Waals surface area contributed by atoms with Gasteiger partial charge < -0.3 is 14.6 Å². The third-order valence-corrected chi connectivity index (χ3v) is 8.60. The molecule has 10 heteroatoms. The van der Waals surface area contributed by atoms with Gasteiger partial charge in [0.2, 0.25) is 5.91 Å². The molecule has 10 nitrogen and oxygen atoms in total. The lowest BCUT2D eigenvalue weighted by atomic mass is 9.64. The third kappa shape index (κ3) is 3.62. The molecule has 3 aromatic rings. The van der Waals surface area contributed by atoms with Crippen molar-refractivity contribution in [2.75, 3.05) is 5.32 Å². The molecule has 0 spiro atoms. The zero-order valence-corrected chi connectivity index (χ0v) is 20.6. The summed E-state index contributed by atoms with van der Waals surface area (Å²) in [5.41, 5.74) is -1.64. The number of oxime groups is 1. The maximum Gasteiger partial charge on any atom is 0.373 e. The minimum absolute atomic E-state index is 0.0671. The fraction of sp³-hybridized carbons (Fsp3) is 0.333. The van der Waals surface area contributed by atoms with Gasteiger partial charge in [0.05, 0.1) is 16.0 Å². The van der Waals surface area contributed by atoms with E-state index in [-0.39, 0.29) is 23.6 Å². The SMILES string of the molecule is CC12CCC(C(=O)Nc3ccc([N+](=O)[O-])cc3)(CC1=NOC(=O)c1cc3ccccc3oc1=O)C2(C)C. The third-order valence-electron chi connectivity index (χ3n) is 8.60. The Balaban J connectivity index is 1.39. The van der Waals surface area contributed by atoms with Gasteiger partial charge in [-0.2, -0.15) is 0 Å². The molecule has 2 aromatic carbocycles. The Morgan fingerprint density at radius 1 is 1.08 bits per heavy atom. The highest BCUT2D eigenvalue weighted by Crippen LogP contribution is 2.71. The number of amides is 1. The normalized spacial score (nSPS) is 24.8. The molecule has 0 saturated heterocycles. The van der Waals surface area contributed by atoms with Gasteiger partial charge in [-0.15, -0.1) is 0 Å². The number of rotatable bonds is 5. The van der Waals surface area contributed by atoms with Crippen LogP contribution in [0.3, 0.4) is 0 Å². The second kappa shape index (κ2) is 8.36. The van der Waals surface area contributed by atoms with Gasteiger partial charge in [-0.1, -0.05) is 44.1 Å². The van der Waals surface area contributed by atoms with Gasteiger partial charge in [0.1, 0.15) is 11.1 Å². The highest BCUT2D eigenvalue weighted by atomic mass is 16.7. The zero-order chi connectivity index (χ0) is 26.6. The van der Waals surface area contributed by atoms with Gasteiger partial charge in [0.25, 0.3) is 5.69 Å². The van der Waals surface area contributed by atoms with Gasteiger partial charge in [-0.05, 0) is 42.5 Å². The minimum Gasteiger partial charge on any atom is -0.422 e. The molecule has 37 heavy (non-hydrogen) atoms. The molecule has 1 heterocycles. The number of benzene rings is 2. The van der Waals surface area contributed by atoms with E-state index in [0.717, 1.165) is 0 Å². The van der Waals surface area contributed by atoms with E-state index in [2.05, 4.69) is 10.5 Å². The first-order valence-corrected chi connectivity index (χ1v) is 11.9. The van der Waals surface area contributed by atoms with Crippen LogP contribution in [0.5, 0.6) is 0 Å². The summed E-state index contributed by atoms with van der Waals surface area (Å²) < 4.78 is 5.22. The number of nitrogens with zero attached hydrogens (tertiary/aromatic N) is 2. The highest BCUT2D eigenvalue weighted by Gasteiger charge is 2.71. The van der Waals surface area contributed by atoms with Crippen LogP contribution in [0.1, 0.15) is 50.4 Å². The van der Waals surface area contributed by atoms with Crippen molar-refractivity contribution in [3.63, 3.8) is 0 Å². The first kappa shape index (κ1) is 24.4. The number of carbonyl (C=O) groups is 2. The van der Waals surface area contributed by atoms with Crippen molar-refractivity contribution in [3.8, 4) is 0 Å². The smallest absolute Gasteiger partial charge is 0.373 e. The van der Waals surface area contributed by atoms with Crippen LogP contribution in [-0.4, -0.2) is 22.5 Å². The number of nitro groups is 1. The number of fused-ring (bicyclic) bond motifs is 3. The Labute approximate surface area is 211 Å². The van der Waals surface area contributed by atoms with Crippen molar-refractivity contribution in [1.82, 2.24) is 0 Å². The summed E-state index contributed by atoms with van der Waals surface area (Å²) in [6, 6.07) is 13.9. The second-order valence-corrected chi connectivity index (χ2v) is 10.4. The molecule has 5 rings (SSSR count). The summed E-state index contributed by atoms with van der Waals surface area (Å²) in [5, 5.41) is 18.6. The largest absolute Gasteiger partial charge is 0.422 e. The van der Waals surface area contributed by atoms with Crippen LogP contribution in [-0.2, 0) is 9.63 Å². The summed E-state index contributed by atoms with van der Waals surface area (Å²) in [6.07, 6.45) is 1.54. The molecule has 2 fully saturated rings. The van der Waals surface area contributed by atoms with Crippen molar-refractivity contribution in [2.24, 2.45) is 21.4 Å². The fourth-order valence-corrected chi connectivity index (χ4v) is 5.79. The number of para-hydroxylation sites is 1. The van der Waals surface area contributed by atoms with E-state index in [1.807, 2.05) is 20.8 Å². The molecule has 2 aliphatic carbocycles. The van der Waals surface area contributed by atoms with Crippen LogP contribution in [0, 0.1) is 26.4 Å². The molecule has 2 saturated carbocycles. The van der Waals surface area contributed by atoms with Crippen molar-refractivity contribution < 1.29 is 23.8 Å². The number of hydrogen-bond acceptors (Lipinski definition) is 8. The Hall–Kier alpha value is -4.34. The van der Waals surface area contributed by atoms with E-state index in [0.29, 0.717) is 35.2 Å². The second-order valence-electron chi connectivity index (χ2n) is 10.4. The van der Waals surface area contributed by atoms with Crippen LogP contribution >= 0.6 is 0 Å². The first-order chi connectivity index (χ1) is 17.5. The number of carbonyl (C=O) groups excluding carboxylic acids is 2. The van der Waals surface area contributed by atoms with Crippen LogP contribution < -0.4 is 10.9 Å². The molecule has 1 N–H and O–H groups in total. The fourth-order valence-electron chi connectivity index (χ4n) is 5.79. The number of nitrogens with one attached hydrogen (secondary N) is 1. The Morgan fingerprint density at radius 3 is 2.49 bits per heavy atom. The van der Waals surface area contributed by atoms with Gasteiger partial charge >= 0.3 is 11.6 Å². The molecule has 2 unspecified atom stereocenters. The van der Waals surface area contributed by atoms with Crippen LogP contribution in [0.4, 0.5) is 11.4 Å². The lowest BCUT2D eigenvalue weighted by molar-refractivity contribution is -0.384. The number of anilines is 1. The van der Waals surface area contributed by atoms with Crippen molar-refractivity contribution in [1.29, 1.82) is 0 Å². The van der Waals surface area contributed by atoms with Crippen LogP contribution in [0.15, 0.2) is 69.0 Å².